The van der Waals surface area contributed by atoms with Gasteiger partial charge in [-0.25, -0.2) is 5.01 Å². The zero-order valence-electron chi connectivity index (χ0n) is 9.94. The quantitative estimate of drug-likeness (QED) is 0.262. The molecule has 0 saturated carbocycles. The highest BCUT2D eigenvalue weighted by Gasteiger charge is 2.03. The van der Waals surface area contributed by atoms with Crippen LogP contribution < -0.4 is 0 Å². The van der Waals surface area contributed by atoms with Crippen LogP contribution in [0.3, 0.4) is 0 Å². The number of esters is 1. The van der Waals surface area contributed by atoms with Crippen LogP contribution in [0.1, 0.15) is 6.92 Å². The Bertz CT molecular complexity index is 457. The number of carbonyl (C=O) groups excluding carboxylic acids is 1. The normalized spacial score (nSPS) is 10.3. The van der Waals surface area contributed by atoms with Gasteiger partial charge in [0.2, 0.25) is 0 Å². The van der Waals surface area contributed by atoms with Crippen molar-refractivity contribution in [3.8, 4) is 0 Å². The first kappa shape index (κ1) is 13.6. The van der Waals surface area contributed by atoms with E-state index >= 15 is 0 Å². The first-order valence-electron chi connectivity index (χ1n) is 4.99. The molecule has 18 heavy (non-hydrogen) atoms. The maximum atomic E-state index is 10.5. The predicted octanol–water partition coefficient (Wildman–Crippen LogP) is 2.05. The Balaban J connectivity index is 2.55. The highest BCUT2D eigenvalue weighted by molar-refractivity contribution is 5.65. The highest BCUT2D eigenvalue weighted by atomic mass is 16.6. The van der Waals surface area contributed by atoms with Gasteiger partial charge >= 0.3 is 5.97 Å². The summed E-state index contributed by atoms with van der Waals surface area (Å²) in [6.07, 6.45) is 0. The molecule has 8 nitrogen and oxygen atoms in total. The van der Waals surface area contributed by atoms with Crippen LogP contribution in [0.4, 0.5) is 11.4 Å². The van der Waals surface area contributed by atoms with Crippen LogP contribution in [0.15, 0.2) is 34.6 Å². The summed E-state index contributed by atoms with van der Waals surface area (Å²) in [5.41, 5.74) is 0.456. The summed E-state index contributed by atoms with van der Waals surface area (Å²) in [6, 6.07) is 5.61. The maximum Gasteiger partial charge on any atom is 0.304 e. The van der Waals surface area contributed by atoms with Crippen LogP contribution in [-0.2, 0) is 9.53 Å². The van der Waals surface area contributed by atoms with Crippen molar-refractivity contribution >= 4 is 17.3 Å². The van der Waals surface area contributed by atoms with Crippen LogP contribution in [-0.4, -0.2) is 29.7 Å². The topological polar surface area (TPSA) is 97.4 Å². The first-order valence-corrected chi connectivity index (χ1v) is 4.99. The van der Waals surface area contributed by atoms with Crippen molar-refractivity contribution in [2.24, 2.45) is 10.3 Å². The molecule has 0 N–H and O–H groups in total. The van der Waals surface area contributed by atoms with Crippen LogP contribution in [0.2, 0.25) is 0 Å². The summed E-state index contributed by atoms with van der Waals surface area (Å²) >= 11 is 0. The molecular weight excluding hydrogens is 240 g/mol. The minimum Gasteiger partial charge on any atom is -0.443 e. The number of hydrogen-bond acceptors (Lipinski definition) is 6. The molecule has 0 saturated heterocycles. The Morgan fingerprint density at radius 2 is 2.06 bits per heavy atom. The van der Waals surface area contributed by atoms with Gasteiger partial charge in [0.25, 0.3) is 5.69 Å². The third-order valence-corrected chi connectivity index (χ3v) is 1.83. The molecule has 0 radical (unpaired) electrons. The smallest absolute Gasteiger partial charge is 0.304 e. The maximum absolute atomic E-state index is 10.5. The molecule has 0 aliphatic heterocycles. The fourth-order valence-electron chi connectivity index (χ4n) is 0.979. The number of rotatable bonds is 5. The number of hydrogen-bond donors (Lipinski definition) is 0. The molecule has 0 bridgehead atoms. The molecule has 1 aromatic rings. The van der Waals surface area contributed by atoms with Gasteiger partial charge in [-0.15, -0.1) is 5.11 Å². The Morgan fingerprint density at radius 1 is 1.44 bits per heavy atom. The summed E-state index contributed by atoms with van der Waals surface area (Å²) in [4.78, 5) is 20.5. The van der Waals surface area contributed by atoms with Crippen molar-refractivity contribution in [2.75, 3.05) is 13.8 Å². The third kappa shape index (κ3) is 4.56. The number of nitrogens with zero attached hydrogens (tertiary/aromatic N) is 4. The molecule has 0 aliphatic rings. The van der Waals surface area contributed by atoms with Crippen molar-refractivity contribution in [1.29, 1.82) is 0 Å². The summed E-state index contributed by atoms with van der Waals surface area (Å²) < 4.78 is 4.69. The third-order valence-electron chi connectivity index (χ3n) is 1.83. The molecular formula is C10H12N4O4. The van der Waals surface area contributed by atoms with Gasteiger partial charge in [-0.2, -0.15) is 0 Å². The minimum absolute atomic E-state index is 0.00812. The van der Waals surface area contributed by atoms with E-state index in [1.165, 1.54) is 36.2 Å². The Kier molecular flexibility index (Phi) is 4.73. The van der Waals surface area contributed by atoms with E-state index in [0.717, 1.165) is 0 Å². The van der Waals surface area contributed by atoms with E-state index in [1.807, 2.05) is 0 Å². The summed E-state index contributed by atoms with van der Waals surface area (Å²) in [7, 11) is 1.58. The lowest BCUT2D eigenvalue weighted by Crippen LogP contribution is -2.16. The van der Waals surface area contributed by atoms with Gasteiger partial charge in [-0.1, -0.05) is 5.22 Å². The van der Waals surface area contributed by atoms with Crippen molar-refractivity contribution in [3.05, 3.63) is 34.4 Å². The highest BCUT2D eigenvalue weighted by Crippen LogP contribution is 2.18. The largest absolute Gasteiger partial charge is 0.443 e. The second-order valence-corrected chi connectivity index (χ2v) is 3.39. The molecule has 96 valence electrons. The van der Waals surface area contributed by atoms with Crippen LogP contribution >= 0.6 is 0 Å². The molecule has 0 unspecified atom stereocenters. The van der Waals surface area contributed by atoms with E-state index in [1.54, 1.807) is 7.05 Å². The van der Waals surface area contributed by atoms with Gasteiger partial charge < -0.3 is 4.74 Å². The van der Waals surface area contributed by atoms with E-state index in [0.29, 0.717) is 5.69 Å². The molecule has 1 aromatic carbocycles. The molecule has 0 aliphatic carbocycles. The van der Waals surface area contributed by atoms with Gasteiger partial charge in [0.1, 0.15) is 0 Å². The standard InChI is InChI=1S/C10H12N4O4/c1-8(15)18-7-13(2)12-11-9-3-5-10(6-4-9)14(16)17/h3-6H,7H2,1-2H3. The van der Waals surface area contributed by atoms with Gasteiger partial charge in [0.15, 0.2) is 6.73 Å². The number of ether oxygens (including phenoxy) is 1. The summed E-state index contributed by atoms with van der Waals surface area (Å²) in [5, 5.41) is 19.3. The Labute approximate surface area is 103 Å². The Morgan fingerprint density at radius 3 is 2.56 bits per heavy atom. The van der Waals surface area contributed by atoms with E-state index in [9.17, 15) is 14.9 Å². The first-order chi connectivity index (χ1) is 8.49. The van der Waals surface area contributed by atoms with Crippen LogP contribution in [0.25, 0.3) is 0 Å². The fraction of sp³-hybridized carbons (Fsp3) is 0.300. The number of nitro groups is 1. The van der Waals surface area contributed by atoms with Crippen molar-refractivity contribution in [1.82, 2.24) is 5.01 Å². The number of nitro benzene ring substituents is 1. The van der Waals surface area contributed by atoms with Gasteiger partial charge in [0.05, 0.1) is 10.6 Å². The Hall–Kier alpha value is -2.51. The number of carbonyl (C=O) groups is 1. The molecule has 0 atom stereocenters. The molecule has 0 aromatic heterocycles. The molecule has 0 spiro atoms. The zero-order valence-corrected chi connectivity index (χ0v) is 9.94. The molecule has 1 rings (SSSR count). The van der Waals surface area contributed by atoms with E-state index in [-0.39, 0.29) is 12.4 Å². The van der Waals surface area contributed by atoms with Gasteiger partial charge in [0, 0.05) is 26.1 Å². The van der Waals surface area contributed by atoms with Crippen molar-refractivity contribution in [3.63, 3.8) is 0 Å². The second-order valence-electron chi connectivity index (χ2n) is 3.39. The lowest BCUT2D eigenvalue weighted by atomic mass is 10.3. The molecule has 0 heterocycles. The predicted molar refractivity (Wildman–Crippen MR) is 62.0 cm³/mol. The lowest BCUT2D eigenvalue weighted by Gasteiger charge is -2.09. The van der Waals surface area contributed by atoms with Crippen LogP contribution in [0, 0.1) is 10.1 Å². The van der Waals surface area contributed by atoms with E-state index in [4.69, 9.17) is 0 Å². The second kappa shape index (κ2) is 6.28. The molecule has 0 fully saturated rings. The fourth-order valence-corrected chi connectivity index (χ4v) is 0.979. The lowest BCUT2D eigenvalue weighted by molar-refractivity contribution is -0.384. The van der Waals surface area contributed by atoms with Crippen molar-refractivity contribution < 1.29 is 14.5 Å². The van der Waals surface area contributed by atoms with Gasteiger partial charge in [-0.3, -0.25) is 14.9 Å². The average molecular weight is 252 g/mol. The molecule has 0 amide bonds. The SMILES string of the molecule is CC(=O)OCN(C)N=Nc1ccc([N+](=O)[O-])cc1. The summed E-state index contributed by atoms with van der Waals surface area (Å²) in [6.45, 7) is 1.28. The monoisotopic (exact) mass is 252 g/mol. The van der Waals surface area contributed by atoms with Crippen molar-refractivity contribution in [2.45, 2.75) is 6.92 Å². The average Bonchev–Trinajstić information content (AvgIpc) is 2.34. The van der Waals surface area contributed by atoms with Gasteiger partial charge in [-0.05, 0) is 12.1 Å². The number of benzene rings is 1. The van der Waals surface area contributed by atoms with E-state index in [2.05, 4.69) is 15.1 Å². The zero-order chi connectivity index (χ0) is 13.5. The summed E-state index contributed by atoms with van der Waals surface area (Å²) in [5.74, 6) is -0.410. The van der Waals surface area contributed by atoms with E-state index < -0.39 is 10.9 Å². The number of non-ortho nitro benzene ring substituents is 1. The molecule has 8 heteroatoms. The minimum atomic E-state index is -0.492. The van der Waals surface area contributed by atoms with Crippen LogP contribution in [0.5, 0.6) is 0 Å².